The number of Topliss-reactive ketones (excluding diaryl/α,β-unsaturated/α-hetero) is 1. The van der Waals surface area contributed by atoms with Gasteiger partial charge in [-0.15, -0.1) is 0 Å². The quantitative estimate of drug-likeness (QED) is 0.533. The molecule has 0 unspecified atom stereocenters. The van der Waals surface area contributed by atoms with Gasteiger partial charge in [0.25, 0.3) is 0 Å². The van der Waals surface area contributed by atoms with E-state index in [0.29, 0.717) is 28.4 Å². The van der Waals surface area contributed by atoms with Crippen LogP contribution in [0.4, 0.5) is 0 Å². The fourth-order valence-corrected chi connectivity index (χ4v) is 8.74. The molecule has 0 N–H and O–H groups in total. The lowest BCUT2D eigenvalue weighted by molar-refractivity contribution is -0.156. The van der Waals surface area contributed by atoms with Gasteiger partial charge in [-0.1, -0.05) is 41.4 Å². The average molecular weight is 403 g/mol. The lowest BCUT2D eigenvalue weighted by atomic mass is 9.43. The van der Waals surface area contributed by atoms with Crippen molar-refractivity contribution in [2.45, 2.75) is 63.6 Å². The first-order valence-corrected chi connectivity index (χ1v) is 10.9. The normalized spacial score (nSPS) is 53.8. The summed E-state index contributed by atoms with van der Waals surface area (Å²) in [4.78, 5) is 25.0. The van der Waals surface area contributed by atoms with Gasteiger partial charge in [-0.2, -0.15) is 0 Å². The first kappa shape index (κ1) is 16.5. The van der Waals surface area contributed by atoms with Crippen LogP contribution in [0.5, 0.6) is 0 Å². The van der Waals surface area contributed by atoms with Crippen molar-refractivity contribution < 1.29 is 9.59 Å². The molecule has 4 fully saturated rings. The molecule has 0 heterocycles. The van der Waals surface area contributed by atoms with Crippen LogP contribution in [-0.4, -0.2) is 16.4 Å². The molecule has 0 saturated heterocycles. The minimum absolute atomic E-state index is 0.00471. The van der Waals surface area contributed by atoms with Gasteiger partial charge in [-0.3, -0.25) is 9.59 Å². The largest absolute Gasteiger partial charge is 0.299 e. The Hall–Kier alpha value is -0.700. The van der Waals surface area contributed by atoms with Crippen molar-refractivity contribution in [3.8, 4) is 0 Å². The molecule has 1 spiro atoms. The van der Waals surface area contributed by atoms with Crippen molar-refractivity contribution in [2.24, 2.45) is 34.0 Å². The van der Waals surface area contributed by atoms with E-state index < -0.39 is 0 Å². The molecule has 5 aliphatic carbocycles. The molecule has 3 heteroatoms. The maximum Gasteiger partial charge on any atom is 0.178 e. The molecule has 7 atom stereocenters. The Kier molecular flexibility index (Phi) is 3.27. The zero-order chi connectivity index (χ0) is 17.6. The van der Waals surface area contributed by atoms with Gasteiger partial charge < -0.3 is 0 Å². The monoisotopic (exact) mass is 402 g/mol. The molecule has 134 valence electrons. The van der Waals surface area contributed by atoms with Crippen molar-refractivity contribution in [1.82, 2.24) is 0 Å². The molecule has 0 bridgehead atoms. The first-order chi connectivity index (χ1) is 11.8. The Labute approximate surface area is 158 Å². The Morgan fingerprint density at radius 3 is 2.52 bits per heavy atom. The highest BCUT2D eigenvalue weighted by molar-refractivity contribution is 9.09. The van der Waals surface area contributed by atoms with Crippen molar-refractivity contribution in [1.29, 1.82) is 0 Å². The predicted octanol–water partition coefficient (Wildman–Crippen LogP) is 5.02. The van der Waals surface area contributed by atoms with Gasteiger partial charge in [0.2, 0.25) is 0 Å². The highest BCUT2D eigenvalue weighted by Crippen LogP contribution is 2.73. The summed E-state index contributed by atoms with van der Waals surface area (Å²) in [5, 5.41) is 0. The fraction of sp³-hybridized carbons (Fsp3) is 0.727. The van der Waals surface area contributed by atoms with Crippen LogP contribution in [0.25, 0.3) is 0 Å². The first-order valence-electron chi connectivity index (χ1n) is 9.93. The van der Waals surface area contributed by atoms with Gasteiger partial charge in [0.1, 0.15) is 5.78 Å². The smallest absolute Gasteiger partial charge is 0.178 e. The fourth-order valence-electron chi connectivity index (χ4n) is 7.66. The molecule has 0 aromatic rings. The van der Waals surface area contributed by atoms with Crippen LogP contribution in [0.15, 0.2) is 23.8 Å². The van der Waals surface area contributed by atoms with Crippen molar-refractivity contribution in [2.75, 3.05) is 0 Å². The van der Waals surface area contributed by atoms with Gasteiger partial charge in [0.15, 0.2) is 5.78 Å². The second kappa shape index (κ2) is 4.97. The summed E-state index contributed by atoms with van der Waals surface area (Å²) in [6.45, 7) is 4.78. The van der Waals surface area contributed by atoms with Crippen LogP contribution in [0.1, 0.15) is 58.8 Å². The topological polar surface area (TPSA) is 34.1 Å². The summed E-state index contributed by atoms with van der Waals surface area (Å²) in [6.07, 6.45) is 13.5. The van der Waals surface area contributed by atoms with Crippen LogP contribution in [-0.2, 0) is 9.59 Å². The third-order valence-electron chi connectivity index (χ3n) is 9.22. The number of fused-ring (bicyclic) bond motifs is 6. The molecule has 25 heavy (non-hydrogen) atoms. The molecule has 0 aliphatic heterocycles. The lowest BCUT2D eigenvalue weighted by Crippen LogP contribution is -2.58. The summed E-state index contributed by atoms with van der Waals surface area (Å²) in [5.74, 6) is 2.54. The van der Waals surface area contributed by atoms with E-state index >= 15 is 0 Å². The number of hydrogen-bond donors (Lipinski definition) is 0. The van der Waals surface area contributed by atoms with E-state index in [-0.39, 0.29) is 22.0 Å². The van der Waals surface area contributed by atoms with Gasteiger partial charge in [0.05, 0.1) is 0 Å². The number of alkyl halides is 1. The SMILES string of the molecule is C[C@]12C=CC(=O)C=C1C[C@@H](Br)[C@@H]1[C@@H]2CC[C@@]2(C)[C@H]1CC[C@@]21CCC1=O. The number of rotatable bonds is 0. The molecule has 0 aromatic carbocycles. The Morgan fingerprint density at radius 2 is 1.84 bits per heavy atom. The molecule has 0 radical (unpaired) electrons. The molecule has 0 amide bonds. The number of ketones is 2. The van der Waals surface area contributed by atoms with E-state index in [1.54, 1.807) is 6.08 Å². The van der Waals surface area contributed by atoms with Crippen molar-refractivity contribution in [3.63, 3.8) is 0 Å². The lowest BCUT2D eigenvalue weighted by Gasteiger charge is -2.61. The maximum absolute atomic E-state index is 12.6. The van der Waals surface area contributed by atoms with Gasteiger partial charge >= 0.3 is 0 Å². The molecule has 0 aromatic heterocycles. The minimum atomic E-state index is 0.00471. The molecular weight excluding hydrogens is 376 g/mol. The Morgan fingerprint density at radius 1 is 1.08 bits per heavy atom. The average Bonchev–Trinajstić information content (AvgIpc) is 2.90. The summed E-state index contributed by atoms with van der Waals surface area (Å²) >= 11 is 4.03. The Balaban J connectivity index is 1.56. The van der Waals surface area contributed by atoms with Crippen LogP contribution < -0.4 is 0 Å². The van der Waals surface area contributed by atoms with Gasteiger partial charge in [-0.25, -0.2) is 0 Å². The van der Waals surface area contributed by atoms with E-state index in [2.05, 4.69) is 35.9 Å². The molecule has 2 nitrogen and oxygen atoms in total. The van der Waals surface area contributed by atoms with E-state index in [9.17, 15) is 9.59 Å². The standard InChI is InChI=1S/C22H27BrO2/c1-20-7-3-14(24)11-13(20)12-17(23)19-15(20)4-8-21(2)16(19)5-9-22(21)10-6-18(22)25/h3,7,11,15-17,19H,4-6,8-10,12H2,1-2H3/t15-,16-,17+,19+,20-,21-,22-/m0/s1. The summed E-state index contributed by atoms with van der Waals surface area (Å²) < 4.78 is 0. The summed E-state index contributed by atoms with van der Waals surface area (Å²) in [7, 11) is 0. The van der Waals surface area contributed by atoms with Crippen LogP contribution in [0.2, 0.25) is 0 Å². The zero-order valence-corrected chi connectivity index (χ0v) is 16.8. The number of allylic oxidation sites excluding steroid dienone is 4. The number of carbonyl (C=O) groups is 2. The highest BCUT2D eigenvalue weighted by Gasteiger charge is 2.69. The van der Waals surface area contributed by atoms with Crippen molar-refractivity contribution >= 4 is 27.5 Å². The summed E-state index contributed by atoms with van der Waals surface area (Å²) in [5.41, 5.74) is 1.55. The van der Waals surface area contributed by atoms with Crippen LogP contribution >= 0.6 is 15.9 Å². The minimum Gasteiger partial charge on any atom is -0.299 e. The predicted molar refractivity (Wildman–Crippen MR) is 101 cm³/mol. The second-order valence-electron chi connectivity index (χ2n) is 9.70. The second-order valence-corrected chi connectivity index (χ2v) is 10.9. The Bertz CT molecular complexity index is 736. The maximum atomic E-state index is 12.6. The van der Waals surface area contributed by atoms with E-state index in [1.807, 2.05) is 6.08 Å². The van der Waals surface area contributed by atoms with E-state index in [0.717, 1.165) is 25.7 Å². The number of carbonyl (C=O) groups excluding carboxylic acids is 2. The molecule has 4 saturated carbocycles. The van der Waals surface area contributed by atoms with Crippen molar-refractivity contribution in [3.05, 3.63) is 23.8 Å². The molecular formula is C22H27BrO2. The van der Waals surface area contributed by atoms with E-state index in [1.165, 1.54) is 24.8 Å². The molecule has 5 aliphatic rings. The van der Waals surface area contributed by atoms with Gasteiger partial charge in [0, 0.05) is 22.1 Å². The highest BCUT2D eigenvalue weighted by atomic mass is 79.9. The molecule has 5 rings (SSSR count). The van der Waals surface area contributed by atoms with E-state index in [4.69, 9.17) is 0 Å². The van der Waals surface area contributed by atoms with Gasteiger partial charge in [-0.05, 0) is 73.8 Å². The van der Waals surface area contributed by atoms with Crippen LogP contribution in [0, 0.1) is 34.0 Å². The third-order valence-corrected chi connectivity index (χ3v) is 10.1. The zero-order valence-electron chi connectivity index (χ0n) is 15.2. The number of hydrogen-bond acceptors (Lipinski definition) is 2. The number of halogens is 1. The van der Waals surface area contributed by atoms with Crippen LogP contribution in [0.3, 0.4) is 0 Å². The summed E-state index contributed by atoms with van der Waals surface area (Å²) in [6, 6.07) is 0. The third kappa shape index (κ3) is 1.82.